The molecule has 3 aromatic rings. The van der Waals surface area contributed by atoms with Crippen LogP contribution in [0.4, 0.5) is 0 Å². The van der Waals surface area contributed by atoms with Crippen molar-refractivity contribution in [3.63, 3.8) is 0 Å². The number of hydrogen-bond acceptors (Lipinski definition) is 4. The lowest BCUT2D eigenvalue weighted by Gasteiger charge is -2.08. The van der Waals surface area contributed by atoms with Gasteiger partial charge in [0.1, 0.15) is 17.0 Å². The molecule has 0 atom stereocenters. The van der Waals surface area contributed by atoms with Crippen LogP contribution in [0, 0.1) is 6.92 Å². The molecular formula is C19H21ClN2O3. The van der Waals surface area contributed by atoms with Gasteiger partial charge >= 0.3 is 5.97 Å². The summed E-state index contributed by atoms with van der Waals surface area (Å²) in [4.78, 5) is 12.2. The Morgan fingerprint density at radius 3 is 2.76 bits per heavy atom. The molecule has 0 bridgehead atoms. The van der Waals surface area contributed by atoms with Crippen LogP contribution >= 0.6 is 11.6 Å². The van der Waals surface area contributed by atoms with E-state index in [0.717, 1.165) is 28.0 Å². The Labute approximate surface area is 151 Å². The van der Waals surface area contributed by atoms with E-state index in [4.69, 9.17) is 20.8 Å². The average molecular weight is 361 g/mol. The molecule has 0 amide bonds. The minimum atomic E-state index is -0.385. The van der Waals surface area contributed by atoms with Gasteiger partial charge < -0.3 is 9.15 Å². The highest BCUT2D eigenvalue weighted by Crippen LogP contribution is 2.31. The van der Waals surface area contributed by atoms with Crippen molar-refractivity contribution in [2.45, 2.75) is 40.2 Å². The van der Waals surface area contributed by atoms with Gasteiger partial charge in [-0.25, -0.2) is 4.79 Å². The number of furan rings is 1. The molecule has 0 aliphatic carbocycles. The number of aryl methyl sites for hydroxylation is 1. The lowest BCUT2D eigenvalue weighted by molar-refractivity contribution is 0.0512. The van der Waals surface area contributed by atoms with Gasteiger partial charge in [0.15, 0.2) is 0 Å². The molecular weight excluding hydrogens is 340 g/mol. The summed E-state index contributed by atoms with van der Waals surface area (Å²) in [7, 11) is 0. The van der Waals surface area contributed by atoms with Crippen LogP contribution < -0.4 is 0 Å². The van der Waals surface area contributed by atoms with Gasteiger partial charge in [-0.15, -0.1) is 0 Å². The molecule has 1 aromatic carbocycles. The smallest absolute Gasteiger partial charge is 0.356 e. The monoisotopic (exact) mass is 360 g/mol. The number of rotatable bonds is 5. The Bertz CT molecular complexity index is 924. The van der Waals surface area contributed by atoms with Crippen LogP contribution in [-0.2, 0) is 11.3 Å². The van der Waals surface area contributed by atoms with Gasteiger partial charge in [0.25, 0.3) is 0 Å². The quantitative estimate of drug-likeness (QED) is 0.605. The van der Waals surface area contributed by atoms with Crippen molar-refractivity contribution in [3.8, 4) is 0 Å². The van der Waals surface area contributed by atoms with Crippen molar-refractivity contribution in [2.24, 2.45) is 0 Å². The fourth-order valence-electron chi connectivity index (χ4n) is 2.80. The first-order chi connectivity index (χ1) is 11.9. The van der Waals surface area contributed by atoms with Crippen LogP contribution in [0.5, 0.6) is 0 Å². The maximum Gasteiger partial charge on any atom is 0.356 e. The van der Waals surface area contributed by atoms with E-state index in [2.05, 4.69) is 18.9 Å². The van der Waals surface area contributed by atoms with Crippen LogP contribution in [0.15, 0.2) is 28.7 Å². The van der Waals surface area contributed by atoms with Crippen LogP contribution in [0.25, 0.3) is 11.0 Å². The summed E-state index contributed by atoms with van der Waals surface area (Å²) in [6.45, 7) is 8.48. The van der Waals surface area contributed by atoms with E-state index in [0.29, 0.717) is 23.9 Å². The number of benzene rings is 1. The number of hydrogen-bond donors (Lipinski definition) is 0. The second kappa shape index (κ2) is 6.92. The molecule has 2 heterocycles. The molecule has 0 N–H and O–H groups in total. The number of ether oxygens (including phenoxy) is 1. The highest BCUT2D eigenvalue weighted by atomic mass is 35.5. The van der Waals surface area contributed by atoms with E-state index in [9.17, 15) is 4.79 Å². The van der Waals surface area contributed by atoms with E-state index in [-0.39, 0.29) is 11.9 Å². The van der Waals surface area contributed by atoms with E-state index >= 15 is 0 Å². The number of aromatic nitrogens is 2. The molecule has 0 aliphatic rings. The first-order valence-corrected chi connectivity index (χ1v) is 8.70. The van der Waals surface area contributed by atoms with Gasteiger partial charge in [0.05, 0.1) is 18.8 Å². The third-order valence-electron chi connectivity index (χ3n) is 3.95. The third-order valence-corrected chi connectivity index (χ3v) is 4.17. The van der Waals surface area contributed by atoms with E-state index in [1.54, 1.807) is 17.7 Å². The minimum absolute atomic E-state index is 0.279. The first-order valence-electron chi connectivity index (χ1n) is 8.32. The summed E-state index contributed by atoms with van der Waals surface area (Å²) in [5.41, 5.74) is 2.82. The first kappa shape index (κ1) is 17.5. The highest BCUT2D eigenvalue weighted by molar-refractivity contribution is 6.31. The van der Waals surface area contributed by atoms with Crippen molar-refractivity contribution in [1.82, 2.24) is 9.78 Å². The van der Waals surface area contributed by atoms with E-state index < -0.39 is 0 Å². The van der Waals surface area contributed by atoms with Crippen molar-refractivity contribution in [1.29, 1.82) is 0 Å². The Morgan fingerprint density at radius 1 is 1.32 bits per heavy atom. The second-order valence-electron chi connectivity index (χ2n) is 6.34. The fraction of sp³-hybridized carbons (Fsp3) is 0.368. The Kier molecular flexibility index (Phi) is 4.86. The summed E-state index contributed by atoms with van der Waals surface area (Å²) in [5.74, 6) is 0.797. The molecule has 0 radical (unpaired) electrons. The van der Waals surface area contributed by atoms with Gasteiger partial charge in [-0.1, -0.05) is 25.4 Å². The Hall–Kier alpha value is -2.27. The van der Waals surface area contributed by atoms with Crippen LogP contribution in [0.2, 0.25) is 5.02 Å². The highest BCUT2D eigenvalue weighted by Gasteiger charge is 2.18. The number of carbonyl (C=O) groups excluding carboxylic acids is 1. The molecule has 0 fully saturated rings. The van der Waals surface area contributed by atoms with Crippen molar-refractivity contribution < 1.29 is 13.9 Å². The average Bonchev–Trinajstić information content (AvgIpc) is 3.11. The third kappa shape index (κ3) is 3.56. The second-order valence-corrected chi connectivity index (χ2v) is 6.77. The number of esters is 1. The molecule has 6 heteroatoms. The van der Waals surface area contributed by atoms with Crippen LogP contribution in [0.1, 0.15) is 54.2 Å². The van der Waals surface area contributed by atoms with E-state index in [1.807, 2.05) is 25.1 Å². The predicted molar refractivity (Wildman–Crippen MR) is 97.3 cm³/mol. The SMILES string of the molecule is CCOC(=O)c1cc(C)nn1Cc1cc(Cl)cc2cc(C(C)C)oc12. The summed E-state index contributed by atoms with van der Waals surface area (Å²) in [6, 6.07) is 7.47. The van der Waals surface area contributed by atoms with Crippen molar-refractivity contribution in [2.75, 3.05) is 6.61 Å². The van der Waals surface area contributed by atoms with Crippen LogP contribution in [-0.4, -0.2) is 22.4 Å². The lowest BCUT2D eigenvalue weighted by Crippen LogP contribution is -2.14. The Morgan fingerprint density at radius 2 is 2.08 bits per heavy atom. The normalized spacial score (nSPS) is 11.4. The molecule has 2 aromatic heterocycles. The fourth-order valence-corrected chi connectivity index (χ4v) is 3.05. The molecule has 132 valence electrons. The zero-order chi connectivity index (χ0) is 18.1. The zero-order valence-corrected chi connectivity index (χ0v) is 15.6. The topological polar surface area (TPSA) is 57.3 Å². The van der Waals surface area contributed by atoms with Crippen molar-refractivity contribution >= 4 is 28.5 Å². The standard InChI is InChI=1S/C19H21ClN2O3/c1-5-24-19(23)16-6-12(4)21-22(16)10-14-8-15(20)7-13-9-17(11(2)3)25-18(13)14/h6-9,11H,5,10H2,1-4H3. The molecule has 3 rings (SSSR count). The summed E-state index contributed by atoms with van der Waals surface area (Å²) < 4.78 is 12.8. The molecule has 0 saturated carbocycles. The number of fused-ring (bicyclic) bond motifs is 1. The van der Waals surface area contributed by atoms with Gasteiger partial charge in [0, 0.05) is 21.9 Å². The predicted octanol–water partition coefficient (Wildman–Crippen LogP) is 4.94. The molecule has 0 spiro atoms. The largest absolute Gasteiger partial charge is 0.461 e. The number of halogens is 1. The molecule has 0 saturated heterocycles. The molecule has 25 heavy (non-hydrogen) atoms. The minimum Gasteiger partial charge on any atom is -0.461 e. The van der Waals surface area contributed by atoms with E-state index in [1.165, 1.54) is 0 Å². The molecule has 5 nitrogen and oxygen atoms in total. The van der Waals surface area contributed by atoms with Crippen LogP contribution in [0.3, 0.4) is 0 Å². The maximum absolute atomic E-state index is 12.2. The maximum atomic E-state index is 12.2. The molecule has 0 aliphatic heterocycles. The molecule has 0 unspecified atom stereocenters. The zero-order valence-electron chi connectivity index (χ0n) is 14.8. The van der Waals surface area contributed by atoms with Gasteiger partial charge in [-0.05, 0) is 38.1 Å². The number of carbonyl (C=O) groups is 1. The van der Waals surface area contributed by atoms with Crippen molar-refractivity contribution in [3.05, 3.63) is 52.0 Å². The Balaban J connectivity index is 2.05. The summed E-state index contributed by atoms with van der Waals surface area (Å²) in [5, 5.41) is 6.00. The summed E-state index contributed by atoms with van der Waals surface area (Å²) >= 11 is 6.27. The van der Waals surface area contributed by atoms with Gasteiger partial charge in [-0.2, -0.15) is 5.10 Å². The van der Waals surface area contributed by atoms with Gasteiger partial charge in [-0.3, -0.25) is 4.68 Å². The van der Waals surface area contributed by atoms with Gasteiger partial charge in [0.2, 0.25) is 0 Å². The lowest BCUT2D eigenvalue weighted by atomic mass is 10.1. The number of nitrogens with zero attached hydrogens (tertiary/aromatic N) is 2. The summed E-state index contributed by atoms with van der Waals surface area (Å²) in [6.07, 6.45) is 0.